The molecule has 0 fully saturated rings. The van der Waals surface area contributed by atoms with Gasteiger partial charge in [0, 0.05) is 18.1 Å². The van der Waals surface area contributed by atoms with Crippen LogP contribution in [-0.2, 0) is 6.54 Å². The average Bonchev–Trinajstić information content (AvgIpc) is 2.54. The number of nitrogens with one attached hydrogen (secondary N) is 1. The van der Waals surface area contributed by atoms with Gasteiger partial charge in [-0.15, -0.1) is 0 Å². The van der Waals surface area contributed by atoms with Crippen LogP contribution < -0.4 is 5.32 Å². The molecule has 2 aromatic carbocycles. The highest BCUT2D eigenvalue weighted by Gasteiger charge is 2.09. The van der Waals surface area contributed by atoms with E-state index in [2.05, 4.69) is 16.4 Å². The van der Waals surface area contributed by atoms with Crippen molar-refractivity contribution in [1.82, 2.24) is 4.98 Å². The predicted molar refractivity (Wildman–Crippen MR) is 84.9 cm³/mol. The quantitative estimate of drug-likeness (QED) is 0.788. The lowest BCUT2D eigenvalue weighted by molar-refractivity contribution is 0.629. The van der Waals surface area contributed by atoms with Crippen LogP contribution in [0.5, 0.6) is 0 Å². The van der Waals surface area contributed by atoms with Crippen molar-refractivity contribution in [2.75, 3.05) is 5.32 Å². The maximum absolute atomic E-state index is 13.5. The smallest absolute Gasteiger partial charge is 0.124 e. The van der Waals surface area contributed by atoms with Crippen molar-refractivity contribution in [3.63, 3.8) is 0 Å². The Balaban J connectivity index is 1.99. The molecule has 1 heterocycles. The SMILES string of the molecule is Cc1ccc(CNc2c(C#N)cnc3ccc(F)cc23)cc1. The fourth-order valence-corrected chi connectivity index (χ4v) is 2.34. The molecule has 0 radical (unpaired) electrons. The fraction of sp³-hybridized carbons (Fsp3) is 0.111. The molecule has 0 aliphatic rings. The molecule has 0 unspecified atom stereocenters. The Kier molecular flexibility index (Phi) is 3.71. The summed E-state index contributed by atoms with van der Waals surface area (Å²) >= 11 is 0. The maximum Gasteiger partial charge on any atom is 0.124 e. The van der Waals surface area contributed by atoms with Crippen LogP contribution in [0.25, 0.3) is 10.9 Å². The van der Waals surface area contributed by atoms with Crippen LogP contribution in [0.15, 0.2) is 48.7 Å². The topological polar surface area (TPSA) is 48.7 Å². The van der Waals surface area contributed by atoms with E-state index in [4.69, 9.17) is 0 Å². The van der Waals surface area contributed by atoms with Crippen molar-refractivity contribution in [3.05, 3.63) is 71.2 Å². The lowest BCUT2D eigenvalue weighted by atomic mass is 10.1. The minimum atomic E-state index is -0.345. The van der Waals surface area contributed by atoms with Gasteiger partial charge in [0.25, 0.3) is 0 Å². The number of anilines is 1. The number of hydrogen-bond acceptors (Lipinski definition) is 3. The zero-order valence-corrected chi connectivity index (χ0v) is 12.1. The third-order valence-corrected chi connectivity index (χ3v) is 3.54. The summed E-state index contributed by atoms with van der Waals surface area (Å²) in [4.78, 5) is 4.19. The van der Waals surface area contributed by atoms with Crippen LogP contribution in [-0.4, -0.2) is 4.98 Å². The van der Waals surface area contributed by atoms with Crippen LogP contribution in [0.3, 0.4) is 0 Å². The van der Waals surface area contributed by atoms with Crippen molar-refractivity contribution < 1.29 is 4.39 Å². The number of nitriles is 1. The summed E-state index contributed by atoms with van der Waals surface area (Å²) in [6.07, 6.45) is 1.51. The lowest BCUT2D eigenvalue weighted by Crippen LogP contribution is -2.03. The molecule has 22 heavy (non-hydrogen) atoms. The van der Waals surface area contributed by atoms with Crippen LogP contribution in [0.4, 0.5) is 10.1 Å². The first-order valence-corrected chi connectivity index (χ1v) is 6.95. The molecule has 0 atom stereocenters. The van der Waals surface area contributed by atoms with Gasteiger partial charge in [-0.2, -0.15) is 5.26 Å². The van der Waals surface area contributed by atoms with E-state index in [0.717, 1.165) is 5.56 Å². The third kappa shape index (κ3) is 2.75. The molecule has 4 heteroatoms. The first-order chi connectivity index (χ1) is 10.7. The Morgan fingerprint density at radius 2 is 1.95 bits per heavy atom. The molecule has 3 aromatic rings. The number of aryl methyl sites for hydroxylation is 1. The van der Waals surface area contributed by atoms with Crippen LogP contribution >= 0.6 is 0 Å². The number of benzene rings is 2. The van der Waals surface area contributed by atoms with E-state index in [-0.39, 0.29) is 5.82 Å². The van der Waals surface area contributed by atoms with Crippen molar-refractivity contribution in [3.8, 4) is 6.07 Å². The van der Waals surface area contributed by atoms with E-state index >= 15 is 0 Å². The van der Waals surface area contributed by atoms with E-state index in [0.29, 0.717) is 28.7 Å². The van der Waals surface area contributed by atoms with Crippen molar-refractivity contribution in [1.29, 1.82) is 5.26 Å². The minimum Gasteiger partial charge on any atom is -0.379 e. The molecule has 0 aliphatic carbocycles. The summed E-state index contributed by atoms with van der Waals surface area (Å²) in [6.45, 7) is 2.59. The highest BCUT2D eigenvalue weighted by Crippen LogP contribution is 2.26. The van der Waals surface area contributed by atoms with Crippen LogP contribution in [0.1, 0.15) is 16.7 Å². The molecule has 0 spiro atoms. The number of aromatic nitrogens is 1. The highest BCUT2D eigenvalue weighted by molar-refractivity contribution is 5.93. The van der Waals surface area contributed by atoms with Gasteiger partial charge < -0.3 is 5.32 Å². The predicted octanol–water partition coefficient (Wildman–Crippen LogP) is 4.17. The highest BCUT2D eigenvalue weighted by atomic mass is 19.1. The number of nitrogens with zero attached hydrogens (tertiary/aromatic N) is 2. The molecule has 1 aromatic heterocycles. The Labute approximate surface area is 128 Å². The van der Waals surface area contributed by atoms with Crippen LogP contribution in [0, 0.1) is 24.1 Å². The van der Waals surface area contributed by atoms with Gasteiger partial charge in [0.05, 0.1) is 16.8 Å². The van der Waals surface area contributed by atoms with E-state index in [1.54, 1.807) is 6.07 Å². The monoisotopic (exact) mass is 291 g/mol. The summed E-state index contributed by atoms with van der Waals surface area (Å²) in [7, 11) is 0. The van der Waals surface area contributed by atoms with Gasteiger partial charge in [-0.25, -0.2) is 4.39 Å². The number of halogens is 1. The minimum absolute atomic E-state index is 0.345. The number of hydrogen-bond donors (Lipinski definition) is 1. The van der Waals surface area contributed by atoms with Gasteiger partial charge >= 0.3 is 0 Å². The Hall–Kier alpha value is -2.93. The summed E-state index contributed by atoms with van der Waals surface area (Å²) in [5.41, 5.74) is 3.97. The third-order valence-electron chi connectivity index (χ3n) is 3.54. The summed E-state index contributed by atoms with van der Waals surface area (Å²) in [6, 6.07) is 14.6. The van der Waals surface area contributed by atoms with E-state index in [9.17, 15) is 9.65 Å². The molecule has 1 N–H and O–H groups in total. The van der Waals surface area contributed by atoms with E-state index in [1.165, 1.54) is 23.9 Å². The molecular weight excluding hydrogens is 277 g/mol. The molecule has 0 amide bonds. The Morgan fingerprint density at radius 3 is 2.68 bits per heavy atom. The van der Waals surface area contributed by atoms with E-state index in [1.807, 2.05) is 31.2 Å². The number of rotatable bonds is 3. The van der Waals surface area contributed by atoms with Crippen molar-refractivity contribution in [2.24, 2.45) is 0 Å². The number of pyridine rings is 1. The normalized spacial score (nSPS) is 10.4. The van der Waals surface area contributed by atoms with Crippen LogP contribution in [0.2, 0.25) is 0 Å². The zero-order chi connectivity index (χ0) is 15.5. The lowest BCUT2D eigenvalue weighted by Gasteiger charge is -2.11. The first kappa shape index (κ1) is 14.0. The van der Waals surface area contributed by atoms with Crippen molar-refractivity contribution >= 4 is 16.6 Å². The van der Waals surface area contributed by atoms with E-state index < -0.39 is 0 Å². The molecular formula is C18H14FN3. The van der Waals surface area contributed by atoms with Gasteiger partial charge in [0.2, 0.25) is 0 Å². The van der Waals surface area contributed by atoms with Gasteiger partial charge in [0.15, 0.2) is 0 Å². The van der Waals surface area contributed by atoms with Gasteiger partial charge in [0.1, 0.15) is 11.9 Å². The standard InChI is InChI=1S/C18H14FN3/c1-12-2-4-13(5-3-12)10-22-18-14(9-20)11-21-17-7-6-15(19)8-16(17)18/h2-8,11H,10H2,1H3,(H,21,22). The first-order valence-electron chi connectivity index (χ1n) is 6.95. The second-order valence-electron chi connectivity index (χ2n) is 5.16. The van der Waals surface area contributed by atoms with Gasteiger partial charge in [-0.05, 0) is 30.7 Å². The average molecular weight is 291 g/mol. The molecule has 0 bridgehead atoms. The van der Waals surface area contributed by atoms with Crippen molar-refractivity contribution in [2.45, 2.75) is 13.5 Å². The molecule has 0 aliphatic heterocycles. The Bertz CT molecular complexity index is 864. The molecule has 3 nitrogen and oxygen atoms in total. The van der Waals surface area contributed by atoms with Gasteiger partial charge in [-0.1, -0.05) is 29.8 Å². The molecule has 108 valence electrons. The summed E-state index contributed by atoms with van der Waals surface area (Å²) < 4.78 is 13.5. The second-order valence-corrected chi connectivity index (χ2v) is 5.16. The summed E-state index contributed by atoms with van der Waals surface area (Å²) in [5.74, 6) is -0.345. The maximum atomic E-state index is 13.5. The fourth-order valence-electron chi connectivity index (χ4n) is 2.34. The van der Waals surface area contributed by atoms with Gasteiger partial charge in [-0.3, -0.25) is 4.98 Å². The Morgan fingerprint density at radius 1 is 1.18 bits per heavy atom. The number of fused-ring (bicyclic) bond motifs is 1. The molecule has 3 rings (SSSR count). The zero-order valence-electron chi connectivity index (χ0n) is 12.1. The largest absolute Gasteiger partial charge is 0.379 e. The summed E-state index contributed by atoms with van der Waals surface area (Å²) in [5, 5.41) is 13.1. The second kappa shape index (κ2) is 5.82. The molecule has 0 saturated heterocycles. The molecule has 0 saturated carbocycles.